The number of anilines is 1. The minimum Gasteiger partial charge on any atom is -0.478 e. The number of aromatic amines is 1. The van der Waals surface area contributed by atoms with Gasteiger partial charge in [-0.3, -0.25) is 19.7 Å². The summed E-state index contributed by atoms with van der Waals surface area (Å²) in [5.74, 6) is -1.14. The summed E-state index contributed by atoms with van der Waals surface area (Å²) in [6, 6.07) is 8.65. The SMILES string of the molecule is Cc1ccc2c(c1)[nH]c(=O)n2C1CCN(c2c(C(=O)O)cnc3c(C)cc([N+](=O)[O-])cc23)CC1. The molecule has 0 aliphatic carbocycles. The molecule has 174 valence electrons. The van der Waals surface area contributed by atoms with E-state index in [1.165, 1.54) is 18.3 Å². The van der Waals surface area contributed by atoms with Crippen molar-refractivity contribution in [1.82, 2.24) is 14.5 Å². The van der Waals surface area contributed by atoms with Gasteiger partial charge in [-0.15, -0.1) is 0 Å². The Kier molecular flexibility index (Phi) is 5.07. The molecule has 0 radical (unpaired) electrons. The molecule has 2 N–H and O–H groups in total. The summed E-state index contributed by atoms with van der Waals surface area (Å²) in [4.78, 5) is 44.9. The van der Waals surface area contributed by atoms with Gasteiger partial charge in [-0.05, 0) is 49.9 Å². The number of nitrogens with zero attached hydrogens (tertiary/aromatic N) is 4. The molecule has 0 unspecified atom stereocenters. The molecule has 0 amide bonds. The zero-order valence-electron chi connectivity index (χ0n) is 18.7. The third-order valence-electron chi connectivity index (χ3n) is 6.58. The molecule has 1 saturated heterocycles. The van der Waals surface area contributed by atoms with Crippen molar-refractivity contribution in [3.8, 4) is 0 Å². The van der Waals surface area contributed by atoms with Crippen LogP contribution in [0.1, 0.15) is 40.4 Å². The molecule has 4 aromatic rings. The highest BCUT2D eigenvalue weighted by Crippen LogP contribution is 2.37. The second kappa shape index (κ2) is 7.98. The van der Waals surface area contributed by atoms with Crippen LogP contribution < -0.4 is 10.6 Å². The predicted octanol–water partition coefficient (Wildman–Crippen LogP) is 3.94. The van der Waals surface area contributed by atoms with Crippen molar-refractivity contribution >= 4 is 39.3 Å². The van der Waals surface area contributed by atoms with Gasteiger partial charge in [-0.2, -0.15) is 0 Å². The first-order chi connectivity index (χ1) is 16.2. The van der Waals surface area contributed by atoms with Gasteiger partial charge in [-0.1, -0.05) is 6.07 Å². The molecular formula is C24H23N5O5. The largest absolute Gasteiger partial charge is 0.478 e. The van der Waals surface area contributed by atoms with Gasteiger partial charge in [0.05, 0.1) is 27.2 Å². The number of piperidine rings is 1. The number of nitro benzene ring substituents is 1. The van der Waals surface area contributed by atoms with Gasteiger partial charge in [0, 0.05) is 42.8 Å². The van der Waals surface area contributed by atoms with E-state index in [2.05, 4.69) is 9.97 Å². The van der Waals surface area contributed by atoms with E-state index in [4.69, 9.17) is 0 Å². The Morgan fingerprint density at radius 1 is 1.21 bits per heavy atom. The van der Waals surface area contributed by atoms with E-state index in [0.717, 1.165) is 16.6 Å². The zero-order chi connectivity index (χ0) is 24.1. The topological polar surface area (TPSA) is 134 Å². The lowest BCUT2D eigenvalue weighted by atomic mass is 9.99. The molecule has 2 aromatic heterocycles. The number of H-pyrrole nitrogens is 1. The quantitative estimate of drug-likeness (QED) is 0.347. The summed E-state index contributed by atoms with van der Waals surface area (Å²) >= 11 is 0. The van der Waals surface area contributed by atoms with Crippen LogP contribution in [0.25, 0.3) is 21.9 Å². The number of nitro groups is 1. The number of aromatic carboxylic acids is 1. The van der Waals surface area contributed by atoms with Gasteiger partial charge in [0.15, 0.2) is 0 Å². The number of pyridine rings is 1. The second-order valence-electron chi connectivity index (χ2n) is 8.78. The van der Waals surface area contributed by atoms with Crippen LogP contribution in [0.4, 0.5) is 11.4 Å². The Balaban J connectivity index is 1.54. The summed E-state index contributed by atoms with van der Waals surface area (Å²) in [7, 11) is 0. The predicted molar refractivity (Wildman–Crippen MR) is 128 cm³/mol. The Morgan fingerprint density at radius 2 is 1.94 bits per heavy atom. The highest BCUT2D eigenvalue weighted by Gasteiger charge is 2.28. The molecule has 34 heavy (non-hydrogen) atoms. The van der Waals surface area contributed by atoms with Gasteiger partial charge < -0.3 is 15.0 Å². The molecule has 3 heterocycles. The zero-order valence-corrected chi connectivity index (χ0v) is 18.7. The van der Waals surface area contributed by atoms with Gasteiger partial charge in [0.1, 0.15) is 5.56 Å². The van der Waals surface area contributed by atoms with E-state index in [9.17, 15) is 24.8 Å². The maximum atomic E-state index is 12.7. The molecule has 1 aliphatic rings. The summed E-state index contributed by atoms with van der Waals surface area (Å²) in [6.07, 6.45) is 2.56. The van der Waals surface area contributed by atoms with Crippen LogP contribution in [0, 0.1) is 24.0 Å². The maximum Gasteiger partial charge on any atom is 0.339 e. The lowest BCUT2D eigenvalue weighted by Gasteiger charge is -2.35. The van der Waals surface area contributed by atoms with E-state index in [1.807, 2.05) is 30.0 Å². The number of nitrogens with one attached hydrogen (secondary N) is 1. The number of hydrogen-bond donors (Lipinski definition) is 2. The van der Waals surface area contributed by atoms with E-state index >= 15 is 0 Å². The lowest BCUT2D eigenvalue weighted by Crippen LogP contribution is -2.37. The molecule has 1 aliphatic heterocycles. The first-order valence-corrected chi connectivity index (χ1v) is 11.0. The van der Waals surface area contributed by atoms with Crippen LogP contribution in [0.2, 0.25) is 0 Å². The molecule has 2 aromatic carbocycles. The monoisotopic (exact) mass is 461 g/mol. The van der Waals surface area contributed by atoms with Crippen molar-refractivity contribution in [1.29, 1.82) is 0 Å². The molecule has 0 saturated carbocycles. The van der Waals surface area contributed by atoms with Crippen LogP contribution in [0.15, 0.2) is 41.3 Å². The fourth-order valence-electron chi connectivity index (χ4n) is 5.01. The van der Waals surface area contributed by atoms with Gasteiger partial charge >= 0.3 is 11.7 Å². The average molecular weight is 461 g/mol. The third kappa shape index (κ3) is 3.47. The number of hydrogen-bond acceptors (Lipinski definition) is 6. The number of fused-ring (bicyclic) bond motifs is 2. The van der Waals surface area contributed by atoms with Crippen LogP contribution in [-0.4, -0.2) is 43.6 Å². The minimum absolute atomic E-state index is 0.00517. The molecule has 0 atom stereocenters. The van der Waals surface area contributed by atoms with Gasteiger partial charge in [-0.25, -0.2) is 9.59 Å². The number of carbonyl (C=O) groups is 1. The molecular weight excluding hydrogens is 438 g/mol. The summed E-state index contributed by atoms with van der Waals surface area (Å²) in [5, 5.41) is 21.7. The number of carboxylic acid groups (broad SMARTS) is 1. The molecule has 10 heteroatoms. The number of non-ortho nitro benzene ring substituents is 1. The summed E-state index contributed by atoms with van der Waals surface area (Å²) in [5.41, 5.74) is 4.02. The van der Waals surface area contributed by atoms with Crippen LogP contribution >= 0.6 is 0 Å². The van der Waals surface area contributed by atoms with E-state index < -0.39 is 10.9 Å². The number of rotatable bonds is 4. The Labute approximate surface area is 193 Å². The number of carboxylic acids is 1. The van der Waals surface area contributed by atoms with Crippen molar-refractivity contribution < 1.29 is 14.8 Å². The summed E-state index contributed by atoms with van der Waals surface area (Å²) < 4.78 is 1.78. The molecule has 0 bridgehead atoms. The molecule has 5 rings (SSSR count). The third-order valence-corrected chi connectivity index (χ3v) is 6.58. The van der Waals surface area contributed by atoms with Crippen molar-refractivity contribution in [3.05, 3.63) is 73.8 Å². The summed E-state index contributed by atoms with van der Waals surface area (Å²) in [6.45, 7) is 4.69. The number of imidazole rings is 1. The van der Waals surface area contributed by atoms with Crippen molar-refractivity contribution in [3.63, 3.8) is 0 Å². The first-order valence-electron chi connectivity index (χ1n) is 11.0. The van der Waals surface area contributed by atoms with Gasteiger partial charge in [0.2, 0.25) is 0 Å². The standard InChI is InChI=1S/C24H23N5O5/c1-13-3-4-20-19(9-13)26-24(32)28(20)15-5-7-27(8-6-15)22-17-11-16(29(33)34)10-14(2)21(17)25-12-18(22)23(30)31/h3-4,9-12,15H,5-8H2,1-2H3,(H,26,32)(H,30,31). The second-order valence-corrected chi connectivity index (χ2v) is 8.78. The minimum atomic E-state index is -1.14. The fraction of sp³-hybridized carbons (Fsp3) is 0.292. The van der Waals surface area contributed by atoms with Crippen LogP contribution in [-0.2, 0) is 0 Å². The number of benzene rings is 2. The van der Waals surface area contributed by atoms with E-state index in [1.54, 1.807) is 11.5 Å². The smallest absolute Gasteiger partial charge is 0.339 e. The Morgan fingerprint density at radius 3 is 2.62 bits per heavy atom. The van der Waals surface area contributed by atoms with Crippen molar-refractivity contribution in [2.24, 2.45) is 0 Å². The lowest BCUT2D eigenvalue weighted by molar-refractivity contribution is -0.384. The molecule has 10 nitrogen and oxygen atoms in total. The highest BCUT2D eigenvalue weighted by molar-refractivity contribution is 6.06. The molecule has 1 fully saturated rings. The molecule has 0 spiro atoms. The van der Waals surface area contributed by atoms with Crippen molar-refractivity contribution in [2.45, 2.75) is 32.7 Å². The van der Waals surface area contributed by atoms with Crippen LogP contribution in [0.3, 0.4) is 0 Å². The Bertz CT molecular complexity index is 1530. The normalized spacial score (nSPS) is 14.7. The number of aryl methyl sites for hydroxylation is 2. The van der Waals surface area contributed by atoms with E-state index in [-0.39, 0.29) is 23.0 Å². The van der Waals surface area contributed by atoms with Crippen molar-refractivity contribution in [2.75, 3.05) is 18.0 Å². The Hall–Kier alpha value is -4.21. The van der Waals surface area contributed by atoms with Crippen LogP contribution in [0.5, 0.6) is 0 Å². The first kappa shape index (κ1) is 21.6. The maximum absolute atomic E-state index is 12.7. The highest BCUT2D eigenvalue weighted by atomic mass is 16.6. The average Bonchev–Trinajstić information content (AvgIpc) is 3.12. The fourth-order valence-corrected chi connectivity index (χ4v) is 5.01. The van der Waals surface area contributed by atoms with Gasteiger partial charge in [0.25, 0.3) is 5.69 Å². The number of aromatic nitrogens is 3. The van der Waals surface area contributed by atoms with E-state index in [0.29, 0.717) is 48.1 Å².